The molecule has 0 saturated carbocycles. The Hall–Kier alpha value is -1.90. The van der Waals surface area contributed by atoms with Gasteiger partial charge in [-0.15, -0.1) is 11.3 Å². The van der Waals surface area contributed by atoms with Crippen molar-refractivity contribution >= 4 is 22.8 Å². The SMILES string of the molecule is CC1N[C@](C)(c2csc(C3=CC=CC(C#N)C3)c2)CC(=O)N1C. The van der Waals surface area contributed by atoms with Gasteiger partial charge >= 0.3 is 0 Å². The largest absolute Gasteiger partial charge is 0.330 e. The maximum Gasteiger partial charge on any atom is 0.225 e. The second-order valence-electron chi connectivity index (χ2n) is 6.55. The van der Waals surface area contributed by atoms with E-state index in [0.29, 0.717) is 6.42 Å². The third-order valence-electron chi connectivity index (χ3n) is 4.81. The molecule has 2 unspecified atom stereocenters. The number of thiophene rings is 1. The minimum absolute atomic E-state index is 0.0180. The van der Waals surface area contributed by atoms with Gasteiger partial charge in [-0.05, 0) is 42.9 Å². The monoisotopic (exact) mass is 327 g/mol. The topological polar surface area (TPSA) is 56.1 Å². The summed E-state index contributed by atoms with van der Waals surface area (Å²) in [6.07, 6.45) is 7.23. The van der Waals surface area contributed by atoms with Gasteiger partial charge in [-0.1, -0.05) is 18.2 Å². The number of carbonyl (C=O) groups excluding carboxylic acids is 1. The summed E-state index contributed by atoms with van der Waals surface area (Å²) in [6.45, 7) is 4.10. The number of rotatable bonds is 2. The standard InChI is InChI=1S/C18H21N3OS/c1-12-20-18(2,9-17(22)21(12)3)15-8-16(23-11-15)14-6-4-5-13(7-14)10-19/h4-6,8,11-13,20H,7,9H2,1-3H3/t12?,13?,18-/m0/s1. The van der Waals surface area contributed by atoms with Gasteiger partial charge in [0.15, 0.2) is 0 Å². The Morgan fingerprint density at radius 2 is 2.30 bits per heavy atom. The summed E-state index contributed by atoms with van der Waals surface area (Å²) in [5, 5.41) is 14.8. The summed E-state index contributed by atoms with van der Waals surface area (Å²) in [4.78, 5) is 15.2. The van der Waals surface area contributed by atoms with Crippen LogP contribution in [0.1, 0.15) is 37.1 Å². The number of amides is 1. The van der Waals surface area contributed by atoms with Crippen LogP contribution >= 0.6 is 11.3 Å². The number of allylic oxidation sites excluding steroid dienone is 4. The zero-order valence-corrected chi connectivity index (χ0v) is 14.5. The highest BCUT2D eigenvalue weighted by molar-refractivity contribution is 7.11. The first-order valence-electron chi connectivity index (χ1n) is 7.82. The van der Waals surface area contributed by atoms with E-state index in [0.717, 1.165) is 12.0 Å². The molecule has 1 fully saturated rings. The Balaban J connectivity index is 1.85. The first-order chi connectivity index (χ1) is 10.9. The van der Waals surface area contributed by atoms with Crippen LogP contribution in [0.2, 0.25) is 0 Å². The summed E-state index contributed by atoms with van der Waals surface area (Å²) in [6, 6.07) is 4.48. The molecule has 1 aliphatic carbocycles. The van der Waals surface area contributed by atoms with Crippen LogP contribution in [0.5, 0.6) is 0 Å². The number of hydrogen-bond acceptors (Lipinski definition) is 4. The van der Waals surface area contributed by atoms with Gasteiger partial charge in [0.2, 0.25) is 5.91 Å². The molecule has 5 heteroatoms. The molecule has 1 N–H and O–H groups in total. The van der Waals surface area contributed by atoms with E-state index in [2.05, 4.69) is 35.8 Å². The van der Waals surface area contributed by atoms with Crippen molar-refractivity contribution in [1.82, 2.24) is 10.2 Å². The highest BCUT2D eigenvalue weighted by atomic mass is 32.1. The molecule has 1 aromatic rings. The summed E-state index contributed by atoms with van der Waals surface area (Å²) in [5.74, 6) is 0.120. The van der Waals surface area contributed by atoms with Gasteiger partial charge in [-0.2, -0.15) is 5.26 Å². The third-order valence-corrected chi connectivity index (χ3v) is 5.81. The quantitative estimate of drug-likeness (QED) is 0.907. The number of nitrogens with zero attached hydrogens (tertiary/aromatic N) is 2. The van der Waals surface area contributed by atoms with E-state index in [-0.39, 0.29) is 23.5 Å². The average Bonchev–Trinajstić information content (AvgIpc) is 3.03. The maximum atomic E-state index is 12.2. The lowest BCUT2D eigenvalue weighted by molar-refractivity contribution is -0.138. The van der Waals surface area contributed by atoms with Crippen LogP contribution in [0.15, 0.2) is 29.7 Å². The Morgan fingerprint density at radius 3 is 3.00 bits per heavy atom. The van der Waals surface area contributed by atoms with E-state index in [4.69, 9.17) is 5.26 Å². The zero-order valence-electron chi connectivity index (χ0n) is 13.7. The van der Waals surface area contributed by atoms with E-state index < -0.39 is 0 Å². The summed E-state index contributed by atoms with van der Waals surface area (Å²) >= 11 is 1.69. The van der Waals surface area contributed by atoms with Gasteiger partial charge in [0.1, 0.15) is 0 Å². The number of nitriles is 1. The van der Waals surface area contributed by atoms with E-state index in [1.807, 2.05) is 26.1 Å². The average molecular weight is 327 g/mol. The van der Waals surface area contributed by atoms with Crippen molar-refractivity contribution in [2.45, 2.75) is 38.4 Å². The van der Waals surface area contributed by atoms with Crippen molar-refractivity contribution in [3.05, 3.63) is 40.1 Å². The van der Waals surface area contributed by atoms with Gasteiger partial charge < -0.3 is 4.90 Å². The van der Waals surface area contributed by atoms with Crippen molar-refractivity contribution in [2.75, 3.05) is 7.05 Å². The molecule has 23 heavy (non-hydrogen) atoms. The fourth-order valence-electron chi connectivity index (χ4n) is 3.18. The normalized spacial score (nSPS) is 31.0. The molecule has 2 aliphatic rings. The minimum atomic E-state index is -0.336. The lowest BCUT2D eigenvalue weighted by atomic mass is 9.86. The second-order valence-corrected chi connectivity index (χ2v) is 7.46. The van der Waals surface area contributed by atoms with Crippen molar-refractivity contribution in [2.24, 2.45) is 5.92 Å². The molecular formula is C18H21N3OS. The molecule has 1 saturated heterocycles. The van der Waals surface area contributed by atoms with E-state index in [1.54, 1.807) is 16.2 Å². The fourth-order valence-corrected chi connectivity index (χ4v) is 4.26. The highest BCUT2D eigenvalue weighted by Gasteiger charge is 2.39. The van der Waals surface area contributed by atoms with Crippen molar-refractivity contribution < 1.29 is 4.79 Å². The molecule has 0 spiro atoms. The van der Waals surface area contributed by atoms with Gasteiger partial charge in [-0.3, -0.25) is 10.1 Å². The maximum absolute atomic E-state index is 12.2. The Morgan fingerprint density at radius 1 is 1.52 bits per heavy atom. The fraction of sp³-hybridized carbons (Fsp3) is 0.444. The van der Waals surface area contributed by atoms with Crippen LogP contribution in [-0.4, -0.2) is 24.0 Å². The summed E-state index contributed by atoms with van der Waals surface area (Å²) < 4.78 is 0. The molecule has 4 nitrogen and oxygen atoms in total. The minimum Gasteiger partial charge on any atom is -0.330 e. The van der Waals surface area contributed by atoms with Crippen molar-refractivity contribution in [1.29, 1.82) is 5.26 Å². The van der Waals surface area contributed by atoms with Gasteiger partial charge in [0.05, 0.1) is 23.7 Å². The first-order valence-corrected chi connectivity index (χ1v) is 8.70. The summed E-state index contributed by atoms with van der Waals surface area (Å²) in [5.41, 5.74) is 2.01. The molecular weight excluding hydrogens is 306 g/mol. The van der Waals surface area contributed by atoms with Gasteiger partial charge in [-0.25, -0.2) is 0 Å². The predicted molar refractivity (Wildman–Crippen MR) is 92.5 cm³/mol. The van der Waals surface area contributed by atoms with Crippen molar-refractivity contribution in [3.63, 3.8) is 0 Å². The number of hydrogen-bond donors (Lipinski definition) is 1. The second kappa shape index (κ2) is 5.95. The lowest BCUT2D eigenvalue weighted by Crippen LogP contribution is -2.59. The zero-order chi connectivity index (χ0) is 16.6. The van der Waals surface area contributed by atoms with E-state index in [9.17, 15) is 4.79 Å². The molecule has 1 aliphatic heterocycles. The van der Waals surface area contributed by atoms with Crippen LogP contribution in [0.3, 0.4) is 0 Å². The molecule has 1 aromatic heterocycles. The van der Waals surface area contributed by atoms with Crippen LogP contribution in [0.25, 0.3) is 5.57 Å². The third kappa shape index (κ3) is 2.97. The molecule has 0 bridgehead atoms. The van der Waals surface area contributed by atoms with Crippen LogP contribution < -0.4 is 5.32 Å². The van der Waals surface area contributed by atoms with E-state index in [1.165, 1.54) is 10.5 Å². The number of nitrogens with one attached hydrogen (secondary N) is 1. The Kier molecular flexibility index (Phi) is 4.13. The molecule has 0 aromatic carbocycles. The first kappa shape index (κ1) is 16.0. The lowest BCUT2D eigenvalue weighted by Gasteiger charge is -2.43. The molecule has 0 radical (unpaired) electrons. The molecule has 3 rings (SSSR count). The number of carbonyl (C=O) groups is 1. The van der Waals surface area contributed by atoms with E-state index >= 15 is 0 Å². The molecule has 1 amide bonds. The Labute approximate surface area is 141 Å². The smallest absolute Gasteiger partial charge is 0.225 e. The van der Waals surface area contributed by atoms with Crippen LogP contribution in [0.4, 0.5) is 0 Å². The van der Waals surface area contributed by atoms with Crippen LogP contribution in [-0.2, 0) is 10.3 Å². The predicted octanol–water partition coefficient (Wildman–Crippen LogP) is 3.24. The molecule has 3 atom stereocenters. The Bertz CT molecular complexity index is 727. The van der Waals surface area contributed by atoms with Gasteiger partial charge in [0, 0.05) is 18.3 Å². The van der Waals surface area contributed by atoms with Crippen LogP contribution in [0, 0.1) is 17.2 Å². The molecule has 120 valence electrons. The molecule has 2 heterocycles. The summed E-state index contributed by atoms with van der Waals surface area (Å²) in [7, 11) is 1.83. The van der Waals surface area contributed by atoms with Crippen molar-refractivity contribution in [3.8, 4) is 6.07 Å². The van der Waals surface area contributed by atoms with Gasteiger partial charge in [0.25, 0.3) is 0 Å². The highest BCUT2D eigenvalue weighted by Crippen LogP contribution is 2.37.